The molecule has 0 aromatic heterocycles. The second-order valence-electron chi connectivity index (χ2n) is 5.54. The molecule has 1 saturated carbocycles. The summed E-state index contributed by atoms with van der Waals surface area (Å²) in [5.74, 6) is 0.867. The Morgan fingerprint density at radius 3 is 3.00 bits per heavy atom. The summed E-state index contributed by atoms with van der Waals surface area (Å²) in [4.78, 5) is 4.69. The number of aliphatic hydroxyl groups excluding tert-OH is 1. The minimum atomic E-state index is -0.324. The lowest BCUT2D eigenvalue weighted by atomic mass is 10.00. The van der Waals surface area contributed by atoms with Gasteiger partial charge in [0, 0.05) is 6.54 Å². The molecule has 0 bridgehead atoms. The summed E-state index contributed by atoms with van der Waals surface area (Å²) in [6.45, 7) is 3.06. The first-order valence-corrected chi connectivity index (χ1v) is 7.96. The molecule has 4 nitrogen and oxygen atoms in total. The van der Waals surface area contributed by atoms with Crippen molar-refractivity contribution >= 4 is 16.9 Å². The van der Waals surface area contributed by atoms with Gasteiger partial charge in [0.05, 0.1) is 18.2 Å². The molecule has 1 saturated heterocycles. The number of fused-ring (bicyclic) bond motifs is 1. The van der Waals surface area contributed by atoms with Crippen LogP contribution in [0.2, 0.25) is 0 Å². The fourth-order valence-corrected chi connectivity index (χ4v) is 3.65. The standard InChI is InChI=1S/C13H22N2O2S/c1-2-10(16)11-6-5-9-12(17-11)18-13(15-9)14-7-8-3-4-8/h8-12,16H,2-7H2,1H3,(H,14,15)/t9-,10-,11-,12-/m1/s1. The maximum Gasteiger partial charge on any atom is 0.159 e. The SMILES string of the molecule is CC[C@@H](O)[C@H]1CC[C@H]2N=C(NCC3CC3)S[C@H]2O1. The number of aliphatic hydroxyl groups is 1. The van der Waals surface area contributed by atoms with Gasteiger partial charge >= 0.3 is 0 Å². The second kappa shape index (κ2) is 5.39. The van der Waals surface area contributed by atoms with E-state index in [4.69, 9.17) is 9.73 Å². The van der Waals surface area contributed by atoms with E-state index in [1.807, 2.05) is 6.92 Å². The van der Waals surface area contributed by atoms with Crippen LogP contribution < -0.4 is 5.32 Å². The van der Waals surface area contributed by atoms with Crippen molar-refractivity contribution in [2.75, 3.05) is 6.54 Å². The van der Waals surface area contributed by atoms with Gasteiger partial charge in [-0.25, -0.2) is 0 Å². The molecule has 2 heterocycles. The predicted octanol–water partition coefficient (Wildman–Crippen LogP) is 1.73. The van der Waals surface area contributed by atoms with Crippen LogP contribution in [-0.4, -0.2) is 40.5 Å². The van der Waals surface area contributed by atoms with Crippen LogP contribution in [0.5, 0.6) is 0 Å². The van der Waals surface area contributed by atoms with Crippen molar-refractivity contribution in [2.45, 2.75) is 62.7 Å². The van der Waals surface area contributed by atoms with Gasteiger partial charge in [0.25, 0.3) is 0 Å². The first kappa shape index (κ1) is 12.8. The molecule has 1 aliphatic carbocycles. The Kier molecular flexibility index (Phi) is 3.82. The van der Waals surface area contributed by atoms with E-state index >= 15 is 0 Å². The molecule has 3 aliphatic rings. The Hall–Kier alpha value is -0.260. The van der Waals surface area contributed by atoms with Gasteiger partial charge in [0.2, 0.25) is 0 Å². The number of hydrogen-bond acceptors (Lipinski definition) is 5. The van der Waals surface area contributed by atoms with Gasteiger partial charge in [0.1, 0.15) is 5.44 Å². The number of nitrogens with one attached hydrogen (secondary N) is 1. The topological polar surface area (TPSA) is 53.9 Å². The second-order valence-corrected chi connectivity index (χ2v) is 6.63. The van der Waals surface area contributed by atoms with Crippen molar-refractivity contribution in [1.82, 2.24) is 5.32 Å². The summed E-state index contributed by atoms with van der Waals surface area (Å²) in [6, 6.07) is 0.289. The molecule has 2 N–H and O–H groups in total. The highest BCUT2D eigenvalue weighted by atomic mass is 32.2. The van der Waals surface area contributed by atoms with Gasteiger partial charge in [-0.15, -0.1) is 0 Å². The number of rotatable bonds is 4. The molecule has 0 amide bonds. The molecule has 0 aromatic rings. The van der Waals surface area contributed by atoms with E-state index in [2.05, 4.69) is 5.32 Å². The molecule has 5 heteroatoms. The maximum atomic E-state index is 9.87. The van der Waals surface area contributed by atoms with E-state index in [0.717, 1.165) is 36.9 Å². The summed E-state index contributed by atoms with van der Waals surface area (Å²) in [5, 5.41) is 14.3. The van der Waals surface area contributed by atoms with E-state index in [1.165, 1.54) is 12.8 Å². The molecular formula is C13H22N2O2S. The van der Waals surface area contributed by atoms with Gasteiger partial charge in [0.15, 0.2) is 5.17 Å². The molecule has 2 aliphatic heterocycles. The molecule has 18 heavy (non-hydrogen) atoms. The average Bonchev–Trinajstić information content (AvgIpc) is 3.13. The summed E-state index contributed by atoms with van der Waals surface area (Å²) >= 11 is 1.70. The smallest absolute Gasteiger partial charge is 0.159 e. The lowest BCUT2D eigenvalue weighted by Gasteiger charge is -2.32. The largest absolute Gasteiger partial charge is 0.390 e. The van der Waals surface area contributed by atoms with Crippen LogP contribution in [-0.2, 0) is 4.74 Å². The number of thioether (sulfide) groups is 1. The van der Waals surface area contributed by atoms with Gasteiger partial charge in [-0.3, -0.25) is 4.99 Å². The Balaban J connectivity index is 1.50. The molecule has 0 unspecified atom stereocenters. The zero-order chi connectivity index (χ0) is 12.5. The Morgan fingerprint density at radius 1 is 1.44 bits per heavy atom. The molecule has 102 valence electrons. The molecule has 0 spiro atoms. The van der Waals surface area contributed by atoms with Crippen molar-refractivity contribution in [2.24, 2.45) is 10.9 Å². The first-order valence-electron chi connectivity index (χ1n) is 7.08. The van der Waals surface area contributed by atoms with Crippen LogP contribution >= 0.6 is 11.8 Å². The van der Waals surface area contributed by atoms with Crippen LogP contribution in [0.25, 0.3) is 0 Å². The van der Waals surface area contributed by atoms with E-state index < -0.39 is 0 Å². The van der Waals surface area contributed by atoms with Crippen molar-refractivity contribution in [3.05, 3.63) is 0 Å². The monoisotopic (exact) mass is 270 g/mol. The summed E-state index contributed by atoms with van der Waals surface area (Å²) in [7, 11) is 0. The molecule has 3 rings (SSSR count). The van der Waals surface area contributed by atoms with Crippen LogP contribution in [0.3, 0.4) is 0 Å². The molecule has 0 aromatic carbocycles. The number of aliphatic imine (C=N–C) groups is 1. The Labute approximate surface area is 113 Å². The molecule has 0 radical (unpaired) electrons. The summed E-state index contributed by atoms with van der Waals surface area (Å²) in [5.41, 5.74) is 0.117. The van der Waals surface area contributed by atoms with Crippen LogP contribution in [0, 0.1) is 5.92 Å². The third-order valence-corrected chi connectivity index (χ3v) is 5.10. The minimum absolute atomic E-state index is 0.00160. The first-order chi connectivity index (χ1) is 8.76. The van der Waals surface area contributed by atoms with Gasteiger partial charge in [-0.2, -0.15) is 0 Å². The Morgan fingerprint density at radius 2 is 2.28 bits per heavy atom. The van der Waals surface area contributed by atoms with Crippen LogP contribution in [0.15, 0.2) is 4.99 Å². The van der Waals surface area contributed by atoms with E-state index in [-0.39, 0.29) is 23.7 Å². The predicted molar refractivity (Wildman–Crippen MR) is 73.7 cm³/mol. The minimum Gasteiger partial charge on any atom is -0.390 e. The van der Waals surface area contributed by atoms with Crippen molar-refractivity contribution < 1.29 is 9.84 Å². The quantitative estimate of drug-likeness (QED) is 0.817. The van der Waals surface area contributed by atoms with E-state index in [0.29, 0.717) is 0 Å². The Bertz CT molecular complexity index is 333. The molecule has 4 atom stereocenters. The summed E-state index contributed by atoms with van der Waals surface area (Å²) in [6.07, 6.45) is 5.12. The molecular weight excluding hydrogens is 248 g/mol. The van der Waals surface area contributed by atoms with Crippen LogP contribution in [0.1, 0.15) is 39.0 Å². The maximum absolute atomic E-state index is 9.87. The highest BCUT2D eigenvalue weighted by Gasteiger charge is 2.39. The van der Waals surface area contributed by atoms with E-state index in [1.54, 1.807) is 11.8 Å². The zero-order valence-electron chi connectivity index (χ0n) is 10.8. The van der Waals surface area contributed by atoms with Gasteiger partial charge in [-0.05, 0) is 38.0 Å². The average molecular weight is 270 g/mol. The highest BCUT2D eigenvalue weighted by molar-refractivity contribution is 8.14. The van der Waals surface area contributed by atoms with Crippen molar-refractivity contribution in [1.29, 1.82) is 0 Å². The fourth-order valence-electron chi connectivity index (χ4n) is 2.51. The lowest BCUT2D eigenvalue weighted by molar-refractivity contribution is -0.0800. The van der Waals surface area contributed by atoms with Gasteiger partial charge < -0.3 is 15.2 Å². The van der Waals surface area contributed by atoms with Gasteiger partial charge in [-0.1, -0.05) is 18.7 Å². The zero-order valence-corrected chi connectivity index (χ0v) is 11.7. The number of hydrogen-bond donors (Lipinski definition) is 2. The summed E-state index contributed by atoms with van der Waals surface area (Å²) < 4.78 is 5.97. The van der Waals surface area contributed by atoms with Crippen molar-refractivity contribution in [3.63, 3.8) is 0 Å². The number of nitrogens with zero attached hydrogens (tertiary/aromatic N) is 1. The molecule has 2 fully saturated rings. The van der Waals surface area contributed by atoms with Crippen molar-refractivity contribution in [3.8, 4) is 0 Å². The third-order valence-electron chi connectivity index (χ3n) is 3.97. The number of ether oxygens (including phenoxy) is 1. The van der Waals surface area contributed by atoms with E-state index in [9.17, 15) is 5.11 Å². The highest BCUT2D eigenvalue weighted by Crippen LogP contribution is 2.37. The lowest BCUT2D eigenvalue weighted by Crippen LogP contribution is -2.40. The number of amidine groups is 1. The van der Waals surface area contributed by atoms with Crippen LogP contribution in [0.4, 0.5) is 0 Å². The fraction of sp³-hybridized carbons (Fsp3) is 0.923. The normalized spacial score (nSPS) is 37.0. The third kappa shape index (κ3) is 2.83.